The van der Waals surface area contributed by atoms with E-state index >= 15 is 0 Å². The van der Waals surface area contributed by atoms with Crippen LogP contribution >= 0.6 is 0 Å². The van der Waals surface area contributed by atoms with Crippen molar-refractivity contribution < 1.29 is 0 Å². The fourth-order valence-corrected chi connectivity index (χ4v) is 3.34. The number of para-hydroxylation sites is 1. The maximum absolute atomic E-state index is 4.61. The van der Waals surface area contributed by atoms with Gasteiger partial charge < -0.3 is 5.32 Å². The molecule has 3 rings (SSSR count). The topological polar surface area (TPSA) is 24.9 Å². The zero-order valence-corrected chi connectivity index (χ0v) is 12.6. The maximum atomic E-state index is 4.61. The molecule has 0 unspecified atom stereocenters. The van der Waals surface area contributed by atoms with E-state index < -0.39 is 0 Å². The van der Waals surface area contributed by atoms with Gasteiger partial charge in [-0.05, 0) is 49.3 Å². The van der Waals surface area contributed by atoms with Gasteiger partial charge in [0.05, 0.1) is 5.52 Å². The molecule has 106 valence electrons. The summed E-state index contributed by atoms with van der Waals surface area (Å²) in [6.07, 6.45) is 5.50. The first-order valence-corrected chi connectivity index (χ1v) is 7.78. The number of pyridine rings is 1. The number of nitrogens with zero attached hydrogens (tertiary/aromatic N) is 1. The number of nitrogens with one attached hydrogen (secondary N) is 1. The Labute approximate surface area is 121 Å². The van der Waals surface area contributed by atoms with Crippen LogP contribution in [-0.2, 0) is 6.54 Å². The van der Waals surface area contributed by atoms with Gasteiger partial charge in [-0.2, -0.15) is 0 Å². The number of fused-ring (bicyclic) bond motifs is 1. The van der Waals surface area contributed by atoms with Crippen molar-refractivity contribution in [2.24, 2.45) is 5.41 Å². The van der Waals surface area contributed by atoms with Gasteiger partial charge in [0.15, 0.2) is 0 Å². The van der Waals surface area contributed by atoms with Gasteiger partial charge in [0.25, 0.3) is 0 Å². The van der Waals surface area contributed by atoms with Gasteiger partial charge in [-0.25, -0.2) is 0 Å². The second-order valence-electron chi connectivity index (χ2n) is 6.25. The molecule has 0 bridgehead atoms. The molecular weight excluding hydrogens is 244 g/mol. The van der Waals surface area contributed by atoms with Gasteiger partial charge in [0.2, 0.25) is 0 Å². The maximum Gasteiger partial charge on any atom is 0.0708 e. The highest BCUT2D eigenvalue weighted by molar-refractivity contribution is 5.82. The number of rotatable bonds is 5. The second kappa shape index (κ2) is 5.53. The molecule has 2 aromatic rings. The number of benzene rings is 1. The van der Waals surface area contributed by atoms with Crippen LogP contribution in [0.1, 0.15) is 43.9 Å². The molecule has 0 spiro atoms. The van der Waals surface area contributed by atoms with Crippen molar-refractivity contribution >= 4 is 10.9 Å². The minimum atomic E-state index is 0.581. The van der Waals surface area contributed by atoms with Crippen molar-refractivity contribution in [1.82, 2.24) is 10.3 Å². The lowest BCUT2D eigenvalue weighted by Crippen LogP contribution is -2.39. The Hall–Kier alpha value is -1.41. The van der Waals surface area contributed by atoms with E-state index in [0.29, 0.717) is 5.41 Å². The zero-order valence-electron chi connectivity index (χ0n) is 12.6. The molecule has 0 atom stereocenters. The van der Waals surface area contributed by atoms with Crippen molar-refractivity contribution in [2.75, 3.05) is 6.54 Å². The van der Waals surface area contributed by atoms with Crippen LogP contribution < -0.4 is 5.32 Å². The largest absolute Gasteiger partial charge is 0.312 e. The van der Waals surface area contributed by atoms with E-state index in [1.807, 2.05) is 0 Å². The first-order chi connectivity index (χ1) is 9.72. The summed E-state index contributed by atoms with van der Waals surface area (Å²) in [7, 11) is 0. The molecule has 1 N–H and O–H groups in total. The molecule has 1 aromatic heterocycles. The van der Waals surface area contributed by atoms with E-state index in [1.165, 1.54) is 36.6 Å². The first kappa shape index (κ1) is 13.6. The van der Waals surface area contributed by atoms with Crippen LogP contribution in [0.15, 0.2) is 30.3 Å². The van der Waals surface area contributed by atoms with Gasteiger partial charge in [0.1, 0.15) is 0 Å². The average molecular weight is 268 g/mol. The molecule has 1 saturated carbocycles. The van der Waals surface area contributed by atoms with Crippen LogP contribution in [-0.4, -0.2) is 11.5 Å². The van der Waals surface area contributed by atoms with Gasteiger partial charge >= 0.3 is 0 Å². The number of aromatic nitrogens is 1. The van der Waals surface area contributed by atoms with Crippen molar-refractivity contribution in [2.45, 2.75) is 46.1 Å². The molecule has 1 aliphatic carbocycles. The lowest BCUT2D eigenvalue weighted by molar-refractivity contribution is 0.124. The molecule has 1 fully saturated rings. The molecule has 2 heteroatoms. The Bertz CT molecular complexity index is 594. The van der Waals surface area contributed by atoms with E-state index in [9.17, 15) is 0 Å². The average Bonchev–Trinajstić information content (AvgIpc) is 2.41. The minimum Gasteiger partial charge on any atom is -0.312 e. The molecule has 0 radical (unpaired) electrons. The van der Waals surface area contributed by atoms with Crippen LogP contribution in [0, 0.1) is 12.3 Å². The monoisotopic (exact) mass is 268 g/mol. The fourth-order valence-electron chi connectivity index (χ4n) is 3.34. The molecular formula is C18H24N2. The lowest BCUT2D eigenvalue weighted by atomic mass is 9.67. The van der Waals surface area contributed by atoms with Gasteiger partial charge in [-0.3, -0.25) is 4.98 Å². The summed E-state index contributed by atoms with van der Waals surface area (Å²) in [5.41, 5.74) is 4.17. The van der Waals surface area contributed by atoms with E-state index in [-0.39, 0.29) is 0 Å². The van der Waals surface area contributed by atoms with Crippen molar-refractivity contribution in [3.05, 3.63) is 41.6 Å². The molecule has 0 amide bonds. The summed E-state index contributed by atoms with van der Waals surface area (Å²) in [5, 5.41) is 4.97. The molecule has 20 heavy (non-hydrogen) atoms. The van der Waals surface area contributed by atoms with Crippen molar-refractivity contribution in [3.63, 3.8) is 0 Å². The van der Waals surface area contributed by atoms with Gasteiger partial charge in [-0.1, -0.05) is 31.5 Å². The van der Waals surface area contributed by atoms with Crippen molar-refractivity contribution in [1.29, 1.82) is 0 Å². The third-order valence-corrected chi connectivity index (χ3v) is 4.91. The molecule has 2 nitrogen and oxygen atoms in total. The van der Waals surface area contributed by atoms with Crippen molar-refractivity contribution in [3.8, 4) is 0 Å². The third kappa shape index (κ3) is 2.57. The van der Waals surface area contributed by atoms with Gasteiger partial charge in [0, 0.05) is 24.2 Å². The Morgan fingerprint density at radius 3 is 2.75 bits per heavy atom. The van der Waals surface area contributed by atoms with E-state index in [4.69, 9.17) is 0 Å². The van der Waals surface area contributed by atoms with E-state index in [2.05, 4.69) is 54.5 Å². The van der Waals surface area contributed by atoms with Crippen LogP contribution in [0.4, 0.5) is 0 Å². The van der Waals surface area contributed by atoms with Crippen LogP contribution in [0.25, 0.3) is 10.9 Å². The van der Waals surface area contributed by atoms with E-state index in [1.54, 1.807) is 0 Å². The molecule has 1 heterocycles. The predicted molar refractivity (Wildman–Crippen MR) is 84.8 cm³/mol. The standard InChI is InChI=1S/C18H24N2/c1-3-18(9-6-10-18)13-19-12-15-11-14(2)20-17-8-5-4-7-16(15)17/h4-5,7-8,11,19H,3,6,9-10,12-13H2,1-2H3. The smallest absolute Gasteiger partial charge is 0.0708 e. The van der Waals surface area contributed by atoms with Crippen LogP contribution in [0.3, 0.4) is 0 Å². The lowest BCUT2D eigenvalue weighted by Gasteiger charge is -2.41. The molecule has 1 aromatic carbocycles. The zero-order chi connectivity index (χ0) is 14.0. The van der Waals surface area contributed by atoms with Crippen LogP contribution in [0.5, 0.6) is 0 Å². The molecule has 1 aliphatic rings. The summed E-state index contributed by atoms with van der Waals surface area (Å²) >= 11 is 0. The number of hydrogen-bond acceptors (Lipinski definition) is 2. The summed E-state index contributed by atoms with van der Waals surface area (Å²) in [6.45, 7) is 6.51. The summed E-state index contributed by atoms with van der Waals surface area (Å²) in [5.74, 6) is 0. The van der Waals surface area contributed by atoms with Gasteiger partial charge in [-0.15, -0.1) is 0 Å². The minimum absolute atomic E-state index is 0.581. The second-order valence-corrected chi connectivity index (χ2v) is 6.25. The Balaban J connectivity index is 1.74. The fraction of sp³-hybridized carbons (Fsp3) is 0.500. The Kier molecular flexibility index (Phi) is 3.75. The quantitative estimate of drug-likeness (QED) is 0.878. The highest BCUT2D eigenvalue weighted by Crippen LogP contribution is 2.43. The van der Waals surface area contributed by atoms with Crippen LogP contribution in [0.2, 0.25) is 0 Å². The predicted octanol–water partition coefficient (Wildman–Crippen LogP) is 4.21. The third-order valence-electron chi connectivity index (χ3n) is 4.91. The Morgan fingerprint density at radius 2 is 2.05 bits per heavy atom. The SMILES string of the molecule is CCC1(CNCc2cc(C)nc3ccccc23)CCC1. The summed E-state index contributed by atoms with van der Waals surface area (Å²) < 4.78 is 0. The first-order valence-electron chi connectivity index (χ1n) is 7.78. The summed E-state index contributed by atoms with van der Waals surface area (Å²) in [6, 6.07) is 10.7. The van der Waals surface area contributed by atoms with E-state index in [0.717, 1.165) is 24.3 Å². The normalized spacial score (nSPS) is 17.1. The highest BCUT2D eigenvalue weighted by atomic mass is 14.9. The number of aryl methyl sites for hydroxylation is 1. The molecule has 0 aliphatic heterocycles. The summed E-state index contributed by atoms with van der Waals surface area (Å²) in [4.78, 5) is 4.61. The number of hydrogen-bond donors (Lipinski definition) is 1. The Morgan fingerprint density at radius 1 is 1.25 bits per heavy atom. The molecule has 0 saturated heterocycles. The highest BCUT2D eigenvalue weighted by Gasteiger charge is 2.34.